The summed E-state index contributed by atoms with van der Waals surface area (Å²) in [5.41, 5.74) is 3.08. The smallest absolute Gasteiger partial charge is 0.239 e. The Hall–Kier alpha value is -3.83. The first-order valence-electron chi connectivity index (χ1n) is 13.4. The van der Waals surface area contributed by atoms with Gasteiger partial charge in [0, 0.05) is 38.7 Å². The van der Waals surface area contributed by atoms with Crippen molar-refractivity contribution in [3.05, 3.63) is 45.6 Å². The number of anilines is 1. The minimum Gasteiger partial charge on any atom is -0.493 e. The van der Waals surface area contributed by atoms with Crippen LogP contribution < -0.4 is 35.6 Å². The lowest BCUT2D eigenvalue weighted by molar-refractivity contribution is -0.120. The van der Waals surface area contributed by atoms with Crippen molar-refractivity contribution < 1.29 is 28.5 Å². The van der Waals surface area contributed by atoms with Gasteiger partial charge in [-0.2, -0.15) is 0 Å². The largest absolute Gasteiger partial charge is 0.493 e. The molecule has 40 heavy (non-hydrogen) atoms. The molecule has 2 amide bonds. The van der Waals surface area contributed by atoms with E-state index in [4.69, 9.17) is 18.9 Å². The summed E-state index contributed by atoms with van der Waals surface area (Å²) in [5, 5.41) is 8.87. The van der Waals surface area contributed by atoms with E-state index in [0.29, 0.717) is 55.4 Å². The SMILES string of the molecule is COc1cc2c(c(OC)c1OC)-c1ccc(NCC(=O)NCCN3CCOCC3)c(=O)cc1[C@H](NC(C)=O)CC2. The molecule has 1 atom stereocenters. The van der Waals surface area contributed by atoms with Crippen LogP contribution in [0, 0.1) is 0 Å². The summed E-state index contributed by atoms with van der Waals surface area (Å²) >= 11 is 0. The Morgan fingerprint density at radius 1 is 1.05 bits per heavy atom. The summed E-state index contributed by atoms with van der Waals surface area (Å²) in [6.45, 7) is 5.78. The normalized spacial score (nSPS) is 16.6. The fraction of sp³-hybridized carbons (Fsp3) is 0.483. The number of benzene rings is 1. The summed E-state index contributed by atoms with van der Waals surface area (Å²) < 4.78 is 22.3. The first-order valence-corrected chi connectivity index (χ1v) is 13.4. The topological polar surface area (TPSA) is 127 Å². The third-order valence-electron chi connectivity index (χ3n) is 7.21. The minimum atomic E-state index is -0.405. The number of carbonyl (C=O) groups is 2. The molecular formula is C29H38N4O7. The van der Waals surface area contributed by atoms with Gasteiger partial charge in [-0.25, -0.2) is 0 Å². The summed E-state index contributed by atoms with van der Waals surface area (Å²) in [6.07, 6.45) is 1.18. The molecule has 0 aromatic heterocycles. The second kappa shape index (κ2) is 13.5. The number of hydrogen-bond acceptors (Lipinski definition) is 9. The first-order chi connectivity index (χ1) is 19.4. The third kappa shape index (κ3) is 6.65. The van der Waals surface area contributed by atoms with Gasteiger partial charge in [0.1, 0.15) is 0 Å². The Kier molecular flexibility index (Phi) is 9.84. The van der Waals surface area contributed by atoms with E-state index >= 15 is 0 Å². The van der Waals surface area contributed by atoms with Gasteiger partial charge in [0.05, 0.1) is 52.8 Å². The maximum Gasteiger partial charge on any atom is 0.239 e. The summed E-state index contributed by atoms with van der Waals surface area (Å²) in [5.74, 6) is 1.04. The lowest BCUT2D eigenvalue weighted by Crippen LogP contribution is -2.42. The van der Waals surface area contributed by atoms with E-state index in [0.717, 1.165) is 36.3 Å². The summed E-state index contributed by atoms with van der Waals surface area (Å²) in [4.78, 5) is 40.2. The van der Waals surface area contributed by atoms with Crippen molar-refractivity contribution in [1.29, 1.82) is 0 Å². The van der Waals surface area contributed by atoms with Crippen LogP contribution >= 0.6 is 0 Å². The average Bonchev–Trinajstić information content (AvgIpc) is 3.19. The average molecular weight is 555 g/mol. The highest BCUT2D eigenvalue weighted by molar-refractivity contribution is 5.84. The molecule has 11 nitrogen and oxygen atoms in total. The molecule has 216 valence electrons. The molecule has 2 aromatic rings. The molecule has 2 aliphatic rings. The zero-order valence-corrected chi connectivity index (χ0v) is 23.6. The van der Waals surface area contributed by atoms with E-state index in [1.54, 1.807) is 27.4 Å². The van der Waals surface area contributed by atoms with Crippen molar-refractivity contribution in [3.63, 3.8) is 0 Å². The molecule has 1 aliphatic heterocycles. The molecule has 0 unspecified atom stereocenters. The van der Waals surface area contributed by atoms with E-state index < -0.39 is 6.04 Å². The second-order valence-electron chi connectivity index (χ2n) is 9.75. The van der Waals surface area contributed by atoms with Gasteiger partial charge >= 0.3 is 0 Å². The van der Waals surface area contributed by atoms with Crippen molar-refractivity contribution in [2.75, 3.05) is 72.6 Å². The fourth-order valence-corrected chi connectivity index (χ4v) is 5.27. The lowest BCUT2D eigenvalue weighted by atomic mass is 9.95. The molecule has 1 heterocycles. The Morgan fingerprint density at radius 3 is 2.48 bits per heavy atom. The Morgan fingerprint density at radius 2 is 1.80 bits per heavy atom. The highest BCUT2D eigenvalue weighted by atomic mass is 16.5. The number of carbonyl (C=O) groups excluding carboxylic acids is 2. The molecule has 4 rings (SSSR count). The van der Waals surface area contributed by atoms with Gasteiger partial charge in [0.25, 0.3) is 0 Å². The number of morpholine rings is 1. The molecule has 2 aromatic carbocycles. The van der Waals surface area contributed by atoms with Crippen LogP contribution in [0.4, 0.5) is 5.69 Å². The van der Waals surface area contributed by atoms with Crippen LogP contribution in [-0.2, 0) is 20.7 Å². The van der Waals surface area contributed by atoms with Crippen molar-refractivity contribution >= 4 is 17.5 Å². The van der Waals surface area contributed by atoms with Crippen LogP contribution in [0.25, 0.3) is 11.1 Å². The Balaban J connectivity index is 1.64. The van der Waals surface area contributed by atoms with Crippen LogP contribution in [0.5, 0.6) is 17.2 Å². The van der Waals surface area contributed by atoms with Gasteiger partial charge in [-0.3, -0.25) is 19.3 Å². The highest BCUT2D eigenvalue weighted by Gasteiger charge is 2.29. The molecule has 0 bridgehead atoms. The zero-order chi connectivity index (χ0) is 28.6. The van der Waals surface area contributed by atoms with Crippen LogP contribution in [0.1, 0.15) is 30.5 Å². The Labute approximate surface area is 234 Å². The van der Waals surface area contributed by atoms with Gasteiger partial charge in [-0.1, -0.05) is 6.07 Å². The van der Waals surface area contributed by atoms with E-state index in [9.17, 15) is 14.4 Å². The fourth-order valence-electron chi connectivity index (χ4n) is 5.27. The quantitative estimate of drug-likeness (QED) is 0.402. The number of ether oxygens (including phenoxy) is 4. The molecule has 1 saturated heterocycles. The monoisotopic (exact) mass is 554 g/mol. The van der Waals surface area contributed by atoms with E-state index in [1.807, 2.05) is 12.1 Å². The van der Waals surface area contributed by atoms with Gasteiger partial charge in [0.15, 0.2) is 11.5 Å². The van der Waals surface area contributed by atoms with Gasteiger partial charge < -0.3 is 34.9 Å². The standard InChI is InChI=1S/C29H38N4O7/c1-18(34)32-22-7-5-19-15-25(37-2)28(38-3)29(39-4)27(19)20-6-8-23(24(35)16-21(20)22)31-17-26(36)30-9-10-33-11-13-40-14-12-33/h6,8,15-16,22H,5,7,9-14,17H2,1-4H3,(H,30,36)(H,31,35)(H,32,34)/t22-/m1/s1. The van der Waals surface area contributed by atoms with E-state index in [1.165, 1.54) is 13.0 Å². The van der Waals surface area contributed by atoms with E-state index in [-0.39, 0.29) is 29.5 Å². The van der Waals surface area contributed by atoms with Crippen LogP contribution in [0.15, 0.2) is 29.1 Å². The highest BCUT2D eigenvalue weighted by Crippen LogP contribution is 2.50. The van der Waals surface area contributed by atoms with Gasteiger partial charge in [-0.05, 0) is 47.7 Å². The van der Waals surface area contributed by atoms with Crippen molar-refractivity contribution in [1.82, 2.24) is 15.5 Å². The number of nitrogens with one attached hydrogen (secondary N) is 3. The molecule has 0 saturated carbocycles. The predicted octanol–water partition coefficient (Wildman–Crippen LogP) is 1.72. The van der Waals surface area contributed by atoms with Crippen molar-refractivity contribution in [3.8, 4) is 28.4 Å². The van der Waals surface area contributed by atoms with Crippen molar-refractivity contribution in [2.24, 2.45) is 0 Å². The molecule has 1 fully saturated rings. The number of nitrogens with zero attached hydrogens (tertiary/aromatic N) is 1. The second-order valence-corrected chi connectivity index (χ2v) is 9.75. The molecular weight excluding hydrogens is 516 g/mol. The number of hydrogen-bond donors (Lipinski definition) is 3. The lowest BCUT2D eigenvalue weighted by Gasteiger charge is -2.26. The zero-order valence-electron chi connectivity index (χ0n) is 23.6. The maximum absolute atomic E-state index is 13.4. The van der Waals surface area contributed by atoms with Gasteiger partial charge in [-0.15, -0.1) is 0 Å². The van der Waals surface area contributed by atoms with Crippen LogP contribution in [-0.4, -0.2) is 84.0 Å². The van der Waals surface area contributed by atoms with Crippen molar-refractivity contribution in [2.45, 2.75) is 25.8 Å². The van der Waals surface area contributed by atoms with Crippen LogP contribution in [0.2, 0.25) is 0 Å². The minimum absolute atomic E-state index is 0.0485. The number of rotatable bonds is 10. The number of methoxy groups -OCH3 is 3. The van der Waals surface area contributed by atoms with Gasteiger partial charge in [0.2, 0.25) is 23.0 Å². The first kappa shape index (κ1) is 29.2. The Bertz CT molecular complexity index is 1290. The predicted molar refractivity (Wildman–Crippen MR) is 151 cm³/mol. The molecule has 0 spiro atoms. The molecule has 0 radical (unpaired) electrons. The summed E-state index contributed by atoms with van der Waals surface area (Å²) in [6, 6.07) is 6.52. The number of amides is 2. The molecule has 11 heteroatoms. The number of fused-ring (bicyclic) bond motifs is 3. The van der Waals surface area contributed by atoms with Crippen LogP contribution in [0.3, 0.4) is 0 Å². The van der Waals surface area contributed by atoms with E-state index in [2.05, 4.69) is 20.9 Å². The maximum atomic E-state index is 13.4. The molecule has 1 aliphatic carbocycles. The third-order valence-corrected chi connectivity index (χ3v) is 7.21. The summed E-state index contributed by atoms with van der Waals surface area (Å²) in [7, 11) is 4.66. The molecule has 3 N–H and O–H groups in total. The number of aryl methyl sites for hydroxylation is 1.